The number of hydrogen-bond acceptors (Lipinski definition) is 6. The highest BCUT2D eigenvalue weighted by atomic mass is 32.2. The van der Waals surface area contributed by atoms with Gasteiger partial charge in [-0.1, -0.05) is 42.2 Å². The van der Waals surface area contributed by atoms with Crippen molar-refractivity contribution in [1.29, 1.82) is 0 Å². The fourth-order valence-electron chi connectivity index (χ4n) is 3.12. The van der Waals surface area contributed by atoms with Crippen molar-refractivity contribution in [3.05, 3.63) is 58.0 Å². The van der Waals surface area contributed by atoms with Crippen LogP contribution < -0.4 is 14.2 Å². The second kappa shape index (κ2) is 10.7. The molecule has 1 fully saturated rings. The predicted molar refractivity (Wildman–Crippen MR) is 130 cm³/mol. The second-order valence-corrected chi connectivity index (χ2v) is 8.76. The lowest BCUT2D eigenvalue weighted by atomic mass is 10.1. The number of nitrogens with zero attached hydrogens (tertiary/aromatic N) is 1. The van der Waals surface area contributed by atoms with E-state index in [-0.39, 0.29) is 5.91 Å². The number of hydrogen-bond donors (Lipinski definition) is 0. The van der Waals surface area contributed by atoms with E-state index in [1.54, 1.807) is 12.0 Å². The third-order valence-corrected chi connectivity index (χ3v) is 6.41. The summed E-state index contributed by atoms with van der Waals surface area (Å²) in [6.07, 6.45) is 2.58. The first-order chi connectivity index (χ1) is 14.9. The van der Waals surface area contributed by atoms with Gasteiger partial charge in [-0.25, -0.2) is 0 Å². The van der Waals surface area contributed by atoms with E-state index in [2.05, 4.69) is 19.9 Å². The van der Waals surface area contributed by atoms with Crippen LogP contribution >= 0.6 is 24.0 Å². The van der Waals surface area contributed by atoms with E-state index in [1.165, 1.54) is 17.3 Å². The average Bonchev–Trinajstić information content (AvgIpc) is 3.03. The third-order valence-electron chi connectivity index (χ3n) is 5.03. The summed E-state index contributed by atoms with van der Waals surface area (Å²) in [5.74, 6) is 2.14. The minimum Gasteiger partial charge on any atom is -0.493 e. The lowest BCUT2D eigenvalue weighted by Crippen LogP contribution is -2.27. The predicted octanol–water partition coefficient (Wildman–Crippen LogP) is 5.38. The van der Waals surface area contributed by atoms with E-state index < -0.39 is 0 Å². The van der Waals surface area contributed by atoms with Gasteiger partial charge in [-0.15, -0.1) is 0 Å². The van der Waals surface area contributed by atoms with Crippen molar-refractivity contribution in [2.75, 3.05) is 26.9 Å². The molecule has 0 unspecified atom stereocenters. The molecular weight excluding hydrogens is 430 g/mol. The number of methoxy groups -OCH3 is 1. The molecule has 7 heteroatoms. The zero-order valence-electron chi connectivity index (χ0n) is 18.3. The van der Waals surface area contributed by atoms with Gasteiger partial charge in [-0.3, -0.25) is 9.69 Å². The molecule has 2 aromatic rings. The quantitative estimate of drug-likeness (QED) is 0.286. The Kier molecular flexibility index (Phi) is 7.98. The fraction of sp³-hybridized carbons (Fsp3) is 0.333. The largest absolute Gasteiger partial charge is 0.493 e. The molecule has 1 heterocycles. The molecule has 0 saturated carbocycles. The average molecular weight is 458 g/mol. The Morgan fingerprint density at radius 1 is 1.06 bits per heavy atom. The standard InChI is InChI=1S/C24H27NO4S2/c1-5-25-23(26)22(31-24(25)30)15-18-10-11-20(21(14-18)27-4)29-13-7-12-28-19-9-6-8-16(2)17(19)3/h6,8-11,14-15H,5,7,12-13H2,1-4H3/b22-15-. The third kappa shape index (κ3) is 5.60. The minimum absolute atomic E-state index is 0.0550. The number of thiocarbonyl (C=S) groups is 1. The van der Waals surface area contributed by atoms with Gasteiger partial charge in [0.05, 0.1) is 25.2 Å². The first kappa shape index (κ1) is 23.2. The molecule has 1 aliphatic heterocycles. The lowest BCUT2D eigenvalue weighted by Gasteiger charge is -2.13. The molecule has 0 bridgehead atoms. The highest BCUT2D eigenvalue weighted by Crippen LogP contribution is 2.34. The smallest absolute Gasteiger partial charge is 0.266 e. The maximum atomic E-state index is 12.4. The Morgan fingerprint density at radius 2 is 1.81 bits per heavy atom. The fourth-order valence-corrected chi connectivity index (χ4v) is 4.51. The van der Waals surface area contributed by atoms with E-state index in [1.807, 2.05) is 43.3 Å². The van der Waals surface area contributed by atoms with Crippen LogP contribution in [0.3, 0.4) is 0 Å². The van der Waals surface area contributed by atoms with Crippen LogP contribution in [0.2, 0.25) is 0 Å². The van der Waals surface area contributed by atoms with Crippen molar-refractivity contribution in [2.24, 2.45) is 0 Å². The Bertz CT molecular complexity index is 1000. The molecule has 1 aliphatic rings. The van der Waals surface area contributed by atoms with Crippen LogP contribution in [-0.4, -0.2) is 42.0 Å². The summed E-state index contributed by atoms with van der Waals surface area (Å²) in [5, 5.41) is 0. The molecule has 0 aromatic heterocycles. The number of carbonyl (C=O) groups is 1. The zero-order valence-corrected chi connectivity index (χ0v) is 19.9. The van der Waals surface area contributed by atoms with Crippen LogP contribution in [0.25, 0.3) is 6.08 Å². The monoisotopic (exact) mass is 457 g/mol. The molecule has 31 heavy (non-hydrogen) atoms. The first-order valence-corrected chi connectivity index (χ1v) is 11.4. The van der Waals surface area contributed by atoms with Gasteiger partial charge >= 0.3 is 0 Å². The highest BCUT2D eigenvalue weighted by molar-refractivity contribution is 8.26. The molecule has 5 nitrogen and oxygen atoms in total. The van der Waals surface area contributed by atoms with E-state index in [4.69, 9.17) is 26.4 Å². The summed E-state index contributed by atoms with van der Waals surface area (Å²) in [6, 6.07) is 11.7. The summed E-state index contributed by atoms with van der Waals surface area (Å²) in [5.41, 5.74) is 3.24. The Morgan fingerprint density at radius 3 is 2.48 bits per heavy atom. The molecule has 0 spiro atoms. The molecule has 164 valence electrons. The molecule has 0 aliphatic carbocycles. The van der Waals surface area contributed by atoms with E-state index in [0.29, 0.717) is 40.5 Å². The molecule has 3 rings (SSSR count). The molecule has 1 amide bonds. The highest BCUT2D eigenvalue weighted by Gasteiger charge is 2.30. The van der Waals surface area contributed by atoms with Crippen molar-refractivity contribution >= 4 is 40.3 Å². The van der Waals surface area contributed by atoms with Crippen molar-refractivity contribution in [3.63, 3.8) is 0 Å². The zero-order chi connectivity index (χ0) is 22.4. The Balaban J connectivity index is 1.57. The summed E-state index contributed by atoms with van der Waals surface area (Å²) in [6.45, 7) is 7.71. The number of rotatable bonds is 9. The van der Waals surface area contributed by atoms with Crippen LogP contribution in [0, 0.1) is 13.8 Å². The number of thioether (sulfide) groups is 1. The first-order valence-electron chi connectivity index (χ1n) is 10.2. The van der Waals surface area contributed by atoms with Gasteiger partial charge in [0.2, 0.25) is 0 Å². The van der Waals surface area contributed by atoms with Gasteiger partial charge in [0.25, 0.3) is 5.91 Å². The lowest BCUT2D eigenvalue weighted by molar-refractivity contribution is -0.121. The number of benzene rings is 2. The van der Waals surface area contributed by atoms with Crippen molar-refractivity contribution < 1.29 is 19.0 Å². The number of amides is 1. The van der Waals surface area contributed by atoms with Gasteiger partial charge in [-0.05, 0) is 61.7 Å². The normalized spacial score (nSPS) is 15.0. The van der Waals surface area contributed by atoms with Gasteiger partial charge in [0.1, 0.15) is 10.1 Å². The number of carbonyl (C=O) groups excluding carboxylic acids is 1. The summed E-state index contributed by atoms with van der Waals surface area (Å²) >= 11 is 6.59. The molecule has 0 atom stereocenters. The molecular formula is C24H27NO4S2. The number of likely N-dealkylation sites (N-methyl/N-ethyl adjacent to an activating group) is 1. The molecule has 0 radical (unpaired) electrons. The van der Waals surface area contributed by atoms with Crippen molar-refractivity contribution in [3.8, 4) is 17.2 Å². The van der Waals surface area contributed by atoms with Crippen molar-refractivity contribution in [1.82, 2.24) is 4.90 Å². The molecule has 0 N–H and O–H groups in total. The van der Waals surface area contributed by atoms with Crippen molar-refractivity contribution in [2.45, 2.75) is 27.2 Å². The van der Waals surface area contributed by atoms with Gasteiger partial charge < -0.3 is 14.2 Å². The van der Waals surface area contributed by atoms with Crippen LogP contribution in [0.5, 0.6) is 17.2 Å². The minimum atomic E-state index is -0.0550. The van der Waals surface area contributed by atoms with Crippen LogP contribution in [-0.2, 0) is 4.79 Å². The van der Waals surface area contributed by atoms with Gasteiger partial charge in [0.15, 0.2) is 11.5 Å². The molecule has 2 aromatic carbocycles. The maximum absolute atomic E-state index is 12.4. The SMILES string of the molecule is CCN1C(=O)/C(=C/c2ccc(OCCCOc3cccc(C)c3C)c(OC)c2)SC1=S. The van der Waals surface area contributed by atoms with Gasteiger partial charge in [0, 0.05) is 13.0 Å². The van der Waals surface area contributed by atoms with Gasteiger partial charge in [-0.2, -0.15) is 0 Å². The number of ether oxygens (including phenoxy) is 3. The number of aryl methyl sites for hydroxylation is 1. The van der Waals surface area contributed by atoms with E-state index in [0.717, 1.165) is 23.3 Å². The Hall–Kier alpha value is -2.51. The van der Waals surface area contributed by atoms with Crippen LogP contribution in [0.1, 0.15) is 30.0 Å². The summed E-state index contributed by atoms with van der Waals surface area (Å²) in [4.78, 5) is 14.6. The summed E-state index contributed by atoms with van der Waals surface area (Å²) in [7, 11) is 1.60. The van der Waals surface area contributed by atoms with Crippen LogP contribution in [0.4, 0.5) is 0 Å². The Labute approximate surface area is 193 Å². The molecule has 1 saturated heterocycles. The van der Waals surface area contributed by atoms with E-state index in [9.17, 15) is 4.79 Å². The summed E-state index contributed by atoms with van der Waals surface area (Å²) < 4.78 is 17.8. The van der Waals surface area contributed by atoms with E-state index >= 15 is 0 Å². The maximum Gasteiger partial charge on any atom is 0.266 e. The topological polar surface area (TPSA) is 48.0 Å². The van der Waals surface area contributed by atoms with Crippen LogP contribution in [0.15, 0.2) is 41.3 Å². The second-order valence-electron chi connectivity index (χ2n) is 7.08.